The van der Waals surface area contributed by atoms with Crippen LogP contribution in [0.25, 0.3) is 0 Å². The third kappa shape index (κ3) is 2.27. The Balaban J connectivity index is 1.78. The third-order valence-corrected chi connectivity index (χ3v) is 6.58. The molecule has 26 heavy (non-hydrogen) atoms. The fourth-order valence-electron chi connectivity index (χ4n) is 3.92. The van der Waals surface area contributed by atoms with Crippen LogP contribution < -0.4 is 0 Å². The first kappa shape index (κ1) is 15.6. The van der Waals surface area contributed by atoms with Crippen molar-refractivity contribution in [2.75, 3.05) is 0 Å². The lowest BCUT2D eigenvalue weighted by Crippen LogP contribution is -2.22. The fourth-order valence-corrected chi connectivity index (χ4v) is 5.37. The molecule has 1 aliphatic carbocycles. The van der Waals surface area contributed by atoms with Gasteiger partial charge in [-0.1, -0.05) is 60.7 Å². The van der Waals surface area contributed by atoms with Gasteiger partial charge in [-0.05, 0) is 30.2 Å². The Labute approximate surface area is 157 Å². The largest absolute Gasteiger partial charge is 0.293 e. The van der Waals surface area contributed by atoms with E-state index in [0.717, 1.165) is 27.4 Å². The maximum absolute atomic E-state index is 13.3. The number of carbonyl (C=O) groups excluding carboxylic acids is 1. The van der Waals surface area contributed by atoms with Gasteiger partial charge in [0, 0.05) is 16.0 Å². The van der Waals surface area contributed by atoms with Gasteiger partial charge in [-0.3, -0.25) is 9.79 Å². The zero-order valence-electron chi connectivity index (χ0n) is 14.3. The average molecular weight is 355 g/mol. The number of aliphatic imine (C=N–C) groups is 1. The summed E-state index contributed by atoms with van der Waals surface area (Å²) in [6.07, 6.45) is 0. The molecule has 0 saturated carbocycles. The number of thioether (sulfide) groups is 1. The normalized spacial score (nSPS) is 20.7. The van der Waals surface area contributed by atoms with Gasteiger partial charge in [0.25, 0.3) is 0 Å². The summed E-state index contributed by atoms with van der Waals surface area (Å²) in [4.78, 5) is 19.4. The van der Waals surface area contributed by atoms with Crippen LogP contribution in [-0.2, 0) is 0 Å². The molecule has 3 aromatic rings. The Hall–Kier alpha value is -2.65. The molecule has 0 amide bonds. The molecule has 0 spiro atoms. The van der Waals surface area contributed by atoms with Crippen molar-refractivity contribution in [2.45, 2.75) is 17.1 Å². The standard InChI is InChI=1S/C23H17NOS/c1-14-8-2-3-9-15(14)23-20-21(16-10-4-5-11-17(16)22(20)25)24-18-12-6-7-13-19(18)26-23/h2-13,20,23H,1H3/t20-,23-/m1/s1. The van der Waals surface area contributed by atoms with E-state index in [-0.39, 0.29) is 17.0 Å². The highest BCUT2D eigenvalue weighted by Gasteiger charge is 2.44. The van der Waals surface area contributed by atoms with Crippen molar-refractivity contribution in [3.05, 3.63) is 95.1 Å². The molecule has 0 bridgehead atoms. The van der Waals surface area contributed by atoms with Crippen LogP contribution >= 0.6 is 11.8 Å². The zero-order chi connectivity index (χ0) is 17.7. The molecule has 0 aromatic heterocycles. The Morgan fingerprint density at radius 2 is 1.54 bits per heavy atom. The lowest BCUT2D eigenvalue weighted by molar-refractivity contribution is 0.0960. The summed E-state index contributed by atoms with van der Waals surface area (Å²) in [6, 6.07) is 24.5. The van der Waals surface area contributed by atoms with Crippen LogP contribution in [0.4, 0.5) is 5.69 Å². The third-order valence-electron chi connectivity index (χ3n) is 5.20. The molecule has 126 valence electrons. The molecule has 3 aromatic carbocycles. The maximum Gasteiger partial charge on any atom is 0.174 e. The summed E-state index contributed by atoms with van der Waals surface area (Å²) >= 11 is 1.76. The van der Waals surface area contributed by atoms with Crippen molar-refractivity contribution >= 4 is 28.9 Å². The number of rotatable bonds is 1. The van der Waals surface area contributed by atoms with E-state index in [9.17, 15) is 4.79 Å². The highest BCUT2D eigenvalue weighted by atomic mass is 32.2. The lowest BCUT2D eigenvalue weighted by Gasteiger charge is -2.23. The zero-order valence-corrected chi connectivity index (χ0v) is 15.2. The molecule has 2 aliphatic rings. The van der Waals surface area contributed by atoms with E-state index in [4.69, 9.17) is 4.99 Å². The predicted molar refractivity (Wildman–Crippen MR) is 107 cm³/mol. The quantitative estimate of drug-likeness (QED) is 0.554. The summed E-state index contributed by atoms with van der Waals surface area (Å²) < 4.78 is 0. The van der Waals surface area contributed by atoms with E-state index in [0.29, 0.717) is 0 Å². The van der Waals surface area contributed by atoms with Crippen LogP contribution in [0.3, 0.4) is 0 Å². The molecule has 0 fully saturated rings. The topological polar surface area (TPSA) is 29.4 Å². The summed E-state index contributed by atoms with van der Waals surface area (Å²) in [5.74, 6) is -0.0567. The van der Waals surface area contributed by atoms with Crippen molar-refractivity contribution in [3.63, 3.8) is 0 Å². The molecule has 0 radical (unpaired) electrons. The van der Waals surface area contributed by atoms with Crippen molar-refractivity contribution in [3.8, 4) is 0 Å². The molecule has 3 heteroatoms. The number of hydrogen-bond acceptors (Lipinski definition) is 3. The highest BCUT2D eigenvalue weighted by Crippen LogP contribution is 2.51. The van der Waals surface area contributed by atoms with E-state index in [1.54, 1.807) is 11.8 Å². The average Bonchev–Trinajstić information content (AvgIpc) is 2.84. The number of benzene rings is 3. The number of fused-ring (bicyclic) bond motifs is 4. The van der Waals surface area contributed by atoms with Crippen LogP contribution in [0.15, 0.2) is 82.7 Å². The smallest absolute Gasteiger partial charge is 0.174 e. The summed E-state index contributed by atoms with van der Waals surface area (Å²) in [7, 11) is 0. The molecule has 0 unspecified atom stereocenters. The lowest BCUT2D eigenvalue weighted by atomic mass is 9.91. The molecular formula is C23H17NOS. The molecule has 0 saturated heterocycles. The molecule has 2 nitrogen and oxygen atoms in total. The molecule has 5 rings (SSSR count). The minimum absolute atomic E-state index is 0.0264. The minimum atomic E-state index is -0.245. The molecular weight excluding hydrogens is 338 g/mol. The van der Waals surface area contributed by atoms with Gasteiger partial charge >= 0.3 is 0 Å². The predicted octanol–water partition coefficient (Wildman–Crippen LogP) is 5.78. The number of Topliss-reactive ketones (excluding diaryl/α,β-unsaturated/α-hetero) is 1. The number of carbonyl (C=O) groups is 1. The number of hydrogen-bond donors (Lipinski definition) is 0. The van der Waals surface area contributed by atoms with Crippen LogP contribution in [0.2, 0.25) is 0 Å². The van der Waals surface area contributed by atoms with Gasteiger partial charge in [0.15, 0.2) is 5.78 Å². The van der Waals surface area contributed by atoms with Crippen molar-refractivity contribution in [2.24, 2.45) is 10.9 Å². The van der Waals surface area contributed by atoms with Gasteiger partial charge in [-0.2, -0.15) is 0 Å². The first-order valence-corrected chi connectivity index (χ1v) is 9.65. The molecule has 2 atom stereocenters. The van der Waals surface area contributed by atoms with E-state index in [1.807, 2.05) is 48.5 Å². The van der Waals surface area contributed by atoms with Crippen LogP contribution in [-0.4, -0.2) is 11.5 Å². The Morgan fingerprint density at radius 3 is 2.38 bits per heavy atom. The molecule has 1 aliphatic heterocycles. The first-order valence-electron chi connectivity index (χ1n) is 8.77. The van der Waals surface area contributed by atoms with Gasteiger partial charge in [0.05, 0.1) is 22.6 Å². The summed E-state index contributed by atoms with van der Waals surface area (Å²) in [5, 5.41) is 0.0264. The summed E-state index contributed by atoms with van der Waals surface area (Å²) in [6.45, 7) is 2.12. The van der Waals surface area contributed by atoms with Crippen molar-refractivity contribution < 1.29 is 4.79 Å². The number of para-hydroxylation sites is 1. The van der Waals surface area contributed by atoms with Gasteiger partial charge in [-0.15, -0.1) is 11.8 Å². The molecule has 0 N–H and O–H groups in total. The second-order valence-corrected chi connectivity index (χ2v) is 7.93. The SMILES string of the molecule is Cc1ccccc1[C@H]1Sc2ccccc2N=C2c3ccccc3C(=O)[C@@H]21. The van der Waals surface area contributed by atoms with E-state index >= 15 is 0 Å². The van der Waals surface area contributed by atoms with Gasteiger partial charge in [0.2, 0.25) is 0 Å². The Bertz CT molecular complexity index is 1070. The van der Waals surface area contributed by atoms with Gasteiger partial charge < -0.3 is 0 Å². The Kier molecular flexibility index (Phi) is 3.57. The highest BCUT2D eigenvalue weighted by molar-refractivity contribution is 7.99. The van der Waals surface area contributed by atoms with E-state index < -0.39 is 0 Å². The van der Waals surface area contributed by atoms with E-state index in [1.165, 1.54) is 11.1 Å². The van der Waals surface area contributed by atoms with Crippen molar-refractivity contribution in [1.82, 2.24) is 0 Å². The van der Waals surface area contributed by atoms with E-state index in [2.05, 4.69) is 31.2 Å². The molecule has 1 heterocycles. The van der Waals surface area contributed by atoms with Gasteiger partial charge in [0.1, 0.15) is 0 Å². The number of ketones is 1. The van der Waals surface area contributed by atoms with Crippen molar-refractivity contribution in [1.29, 1.82) is 0 Å². The first-order chi connectivity index (χ1) is 12.7. The number of nitrogens with zero attached hydrogens (tertiary/aromatic N) is 1. The summed E-state index contributed by atoms with van der Waals surface area (Å²) in [5.41, 5.74) is 6.09. The second-order valence-electron chi connectivity index (χ2n) is 6.75. The fraction of sp³-hybridized carbons (Fsp3) is 0.130. The second kappa shape index (κ2) is 5.96. The minimum Gasteiger partial charge on any atom is -0.293 e. The Morgan fingerprint density at radius 1 is 0.846 bits per heavy atom. The van der Waals surface area contributed by atoms with Crippen LogP contribution in [0.5, 0.6) is 0 Å². The monoisotopic (exact) mass is 355 g/mol. The van der Waals surface area contributed by atoms with Gasteiger partial charge in [-0.25, -0.2) is 0 Å². The van der Waals surface area contributed by atoms with Crippen LogP contribution in [0, 0.1) is 12.8 Å². The number of aryl methyl sites for hydroxylation is 1. The maximum atomic E-state index is 13.3. The van der Waals surface area contributed by atoms with Crippen LogP contribution in [0.1, 0.15) is 32.3 Å².